The molecular weight excluding hydrogens is 373 g/mol. The maximum atomic E-state index is 14.8. The number of aliphatic hydroxyl groups excluding tert-OH is 1. The van der Waals surface area contributed by atoms with Gasteiger partial charge in [0.2, 0.25) is 0 Å². The highest BCUT2D eigenvalue weighted by Gasteiger charge is 2.25. The Hall–Kier alpha value is -2.28. The molecule has 28 heavy (non-hydrogen) atoms. The van der Waals surface area contributed by atoms with Crippen LogP contribution < -0.4 is 4.90 Å². The van der Waals surface area contributed by atoms with Crippen LogP contribution in [0.15, 0.2) is 54.0 Å². The van der Waals surface area contributed by atoms with Crippen LogP contribution in [0.3, 0.4) is 0 Å². The number of anilines is 1. The number of aliphatic hydroxyl groups is 1. The van der Waals surface area contributed by atoms with Crippen molar-refractivity contribution in [3.8, 4) is 0 Å². The van der Waals surface area contributed by atoms with Crippen molar-refractivity contribution in [2.75, 3.05) is 31.1 Å². The number of nitrogens with zero attached hydrogens (tertiary/aromatic N) is 3. The summed E-state index contributed by atoms with van der Waals surface area (Å²) in [6, 6.07) is 12.8. The number of benzene rings is 1. The van der Waals surface area contributed by atoms with Crippen molar-refractivity contribution in [2.24, 2.45) is 0 Å². The number of rotatable bonds is 5. The maximum Gasteiger partial charge on any atom is 0.146 e. The van der Waals surface area contributed by atoms with Gasteiger partial charge in [-0.2, -0.15) is 0 Å². The van der Waals surface area contributed by atoms with Crippen molar-refractivity contribution >= 4 is 17.0 Å². The van der Waals surface area contributed by atoms with Crippen LogP contribution in [0, 0.1) is 12.7 Å². The van der Waals surface area contributed by atoms with Crippen molar-refractivity contribution in [3.05, 3.63) is 81.6 Å². The SMILES string of the molecule is Cc1ccc(C(O)c2cccc(F)c2N2CCN(Cc3cccs3)CC2)nc1. The van der Waals surface area contributed by atoms with E-state index < -0.39 is 6.10 Å². The molecule has 1 aliphatic heterocycles. The number of thiophene rings is 1. The molecule has 1 atom stereocenters. The Labute approximate surface area is 168 Å². The van der Waals surface area contributed by atoms with E-state index in [0.717, 1.165) is 38.3 Å². The highest BCUT2D eigenvalue weighted by atomic mass is 32.1. The first-order chi connectivity index (χ1) is 13.6. The van der Waals surface area contributed by atoms with E-state index in [4.69, 9.17) is 0 Å². The van der Waals surface area contributed by atoms with Gasteiger partial charge in [0.05, 0.1) is 11.4 Å². The highest BCUT2D eigenvalue weighted by molar-refractivity contribution is 7.09. The van der Waals surface area contributed by atoms with Crippen molar-refractivity contribution in [1.29, 1.82) is 0 Å². The van der Waals surface area contributed by atoms with Gasteiger partial charge in [-0.25, -0.2) is 4.39 Å². The van der Waals surface area contributed by atoms with Gasteiger partial charge in [0, 0.05) is 49.4 Å². The Morgan fingerprint density at radius 1 is 1.11 bits per heavy atom. The van der Waals surface area contributed by atoms with Gasteiger partial charge in [0.1, 0.15) is 11.9 Å². The average Bonchev–Trinajstić information content (AvgIpc) is 3.22. The van der Waals surface area contributed by atoms with Crippen LogP contribution in [0.5, 0.6) is 0 Å². The Bertz CT molecular complexity index is 906. The number of aryl methyl sites for hydroxylation is 1. The van der Waals surface area contributed by atoms with Gasteiger partial charge in [0.15, 0.2) is 0 Å². The number of pyridine rings is 1. The molecule has 1 aromatic carbocycles. The molecule has 6 heteroatoms. The van der Waals surface area contributed by atoms with Crippen LogP contribution in [-0.2, 0) is 6.54 Å². The van der Waals surface area contributed by atoms with E-state index in [1.165, 1.54) is 10.9 Å². The number of para-hydroxylation sites is 1. The largest absolute Gasteiger partial charge is 0.382 e. The van der Waals surface area contributed by atoms with Crippen LogP contribution in [0.2, 0.25) is 0 Å². The lowest BCUT2D eigenvalue weighted by Gasteiger charge is -2.37. The molecule has 0 radical (unpaired) electrons. The number of aromatic nitrogens is 1. The summed E-state index contributed by atoms with van der Waals surface area (Å²) in [6.07, 6.45) is 0.774. The zero-order valence-corrected chi connectivity index (χ0v) is 16.7. The summed E-state index contributed by atoms with van der Waals surface area (Å²) >= 11 is 1.77. The highest BCUT2D eigenvalue weighted by Crippen LogP contribution is 2.33. The van der Waals surface area contributed by atoms with Crippen LogP contribution >= 0.6 is 11.3 Å². The van der Waals surface area contributed by atoms with Crippen molar-refractivity contribution in [3.63, 3.8) is 0 Å². The maximum absolute atomic E-state index is 14.8. The van der Waals surface area contributed by atoms with Crippen LogP contribution in [-0.4, -0.2) is 41.2 Å². The van der Waals surface area contributed by atoms with Gasteiger partial charge in [0.25, 0.3) is 0 Å². The van der Waals surface area contributed by atoms with E-state index in [1.54, 1.807) is 35.7 Å². The van der Waals surface area contributed by atoms with Gasteiger partial charge in [-0.15, -0.1) is 11.3 Å². The van der Waals surface area contributed by atoms with Gasteiger partial charge in [-0.05, 0) is 36.1 Å². The third-order valence-corrected chi connectivity index (χ3v) is 6.04. The summed E-state index contributed by atoms with van der Waals surface area (Å²) < 4.78 is 14.8. The fourth-order valence-corrected chi connectivity index (χ4v) is 4.39. The standard InChI is InChI=1S/C22H24FN3OS/c1-16-7-8-20(24-14-16)22(27)18-5-2-6-19(23)21(18)26-11-9-25(10-12-26)15-17-4-3-13-28-17/h2-8,13-14,22,27H,9-12,15H2,1H3. The molecule has 0 amide bonds. The zero-order valence-electron chi connectivity index (χ0n) is 15.9. The summed E-state index contributed by atoms with van der Waals surface area (Å²) in [4.78, 5) is 10.1. The van der Waals surface area contributed by atoms with Crippen molar-refractivity contribution in [1.82, 2.24) is 9.88 Å². The Kier molecular flexibility index (Phi) is 5.71. The minimum atomic E-state index is -0.949. The normalized spacial score (nSPS) is 16.3. The molecule has 2 aromatic heterocycles. The number of hydrogen-bond acceptors (Lipinski definition) is 5. The molecule has 4 nitrogen and oxygen atoms in total. The van der Waals surface area contributed by atoms with Crippen molar-refractivity contribution < 1.29 is 9.50 Å². The van der Waals surface area contributed by atoms with E-state index >= 15 is 0 Å². The van der Waals surface area contributed by atoms with Gasteiger partial charge < -0.3 is 10.0 Å². The second-order valence-electron chi connectivity index (χ2n) is 7.18. The molecule has 1 N–H and O–H groups in total. The Morgan fingerprint density at radius 2 is 1.93 bits per heavy atom. The third kappa shape index (κ3) is 4.09. The number of hydrogen-bond donors (Lipinski definition) is 1. The molecule has 1 fully saturated rings. The third-order valence-electron chi connectivity index (χ3n) is 5.18. The van der Waals surface area contributed by atoms with E-state index in [9.17, 15) is 9.50 Å². The first kappa shape index (κ1) is 19.1. The summed E-state index contributed by atoms with van der Waals surface area (Å²) in [5.41, 5.74) is 2.63. The molecule has 0 saturated carbocycles. The molecule has 1 aliphatic rings. The van der Waals surface area contributed by atoms with Crippen LogP contribution in [0.25, 0.3) is 0 Å². The zero-order chi connectivity index (χ0) is 19.5. The fraction of sp³-hybridized carbons (Fsp3) is 0.318. The average molecular weight is 398 g/mol. The van der Waals surface area contributed by atoms with Gasteiger partial charge in [-0.1, -0.05) is 24.3 Å². The summed E-state index contributed by atoms with van der Waals surface area (Å²) in [7, 11) is 0. The lowest BCUT2D eigenvalue weighted by atomic mass is 10.0. The number of halogens is 1. The Morgan fingerprint density at radius 3 is 2.61 bits per heavy atom. The predicted molar refractivity (Wildman–Crippen MR) is 111 cm³/mol. The van der Waals surface area contributed by atoms with E-state index in [2.05, 4.69) is 27.4 Å². The minimum Gasteiger partial charge on any atom is -0.382 e. The van der Waals surface area contributed by atoms with Crippen LogP contribution in [0.1, 0.15) is 27.8 Å². The molecule has 0 spiro atoms. The van der Waals surface area contributed by atoms with Crippen molar-refractivity contribution in [2.45, 2.75) is 19.6 Å². The smallest absolute Gasteiger partial charge is 0.146 e. The van der Waals surface area contributed by atoms with E-state index in [-0.39, 0.29) is 5.82 Å². The lowest BCUT2D eigenvalue weighted by molar-refractivity contribution is 0.213. The van der Waals surface area contributed by atoms with Gasteiger partial charge in [-0.3, -0.25) is 9.88 Å². The second kappa shape index (κ2) is 8.39. The lowest BCUT2D eigenvalue weighted by Crippen LogP contribution is -2.46. The summed E-state index contributed by atoms with van der Waals surface area (Å²) in [5, 5.41) is 13.0. The first-order valence-electron chi connectivity index (χ1n) is 9.50. The number of piperazine rings is 1. The fourth-order valence-electron chi connectivity index (χ4n) is 3.64. The minimum absolute atomic E-state index is 0.296. The van der Waals surface area contributed by atoms with Gasteiger partial charge >= 0.3 is 0 Å². The topological polar surface area (TPSA) is 39.6 Å². The molecule has 0 bridgehead atoms. The monoisotopic (exact) mass is 397 g/mol. The molecule has 1 saturated heterocycles. The molecule has 0 aliphatic carbocycles. The second-order valence-corrected chi connectivity index (χ2v) is 8.22. The molecule has 3 aromatic rings. The predicted octanol–water partition coefficient (Wildman–Crippen LogP) is 3.99. The summed E-state index contributed by atoms with van der Waals surface area (Å²) in [6.45, 7) is 6.08. The molecule has 146 valence electrons. The molecular formula is C22H24FN3OS. The summed E-state index contributed by atoms with van der Waals surface area (Å²) in [5.74, 6) is -0.296. The quantitative estimate of drug-likeness (QED) is 0.707. The van der Waals surface area contributed by atoms with E-state index in [0.29, 0.717) is 16.9 Å². The molecule has 4 rings (SSSR count). The van der Waals surface area contributed by atoms with Crippen LogP contribution in [0.4, 0.5) is 10.1 Å². The first-order valence-corrected chi connectivity index (χ1v) is 10.4. The molecule has 3 heterocycles. The Balaban J connectivity index is 1.52. The van der Waals surface area contributed by atoms with E-state index in [1.807, 2.05) is 17.9 Å². The molecule has 1 unspecified atom stereocenters.